The minimum atomic E-state index is -1.04. The van der Waals surface area contributed by atoms with Gasteiger partial charge in [0, 0.05) is 20.2 Å². The molecule has 1 unspecified atom stereocenters. The summed E-state index contributed by atoms with van der Waals surface area (Å²) in [6, 6.07) is 0. The Balaban J connectivity index is 2.47. The average Bonchev–Trinajstić information content (AvgIpc) is 2.34. The van der Waals surface area contributed by atoms with Crippen molar-refractivity contribution in [2.45, 2.75) is 18.9 Å². The third-order valence-electron chi connectivity index (χ3n) is 3.08. The van der Waals surface area contributed by atoms with Gasteiger partial charge in [-0.25, -0.2) is 0 Å². The smallest absolute Gasteiger partial charge is 0.323 e. The van der Waals surface area contributed by atoms with Gasteiger partial charge in [0.15, 0.2) is 0 Å². The molecule has 0 bridgehead atoms. The van der Waals surface area contributed by atoms with E-state index >= 15 is 0 Å². The Labute approximate surface area is 112 Å². The minimum absolute atomic E-state index is 0.147. The molecule has 7 heteroatoms. The lowest BCUT2D eigenvalue weighted by Crippen LogP contribution is -2.47. The molecule has 19 heavy (non-hydrogen) atoms. The van der Waals surface area contributed by atoms with Gasteiger partial charge >= 0.3 is 5.97 Å². The predicted molar refractivity (Wildman–Crippen MR) is 67.8 cm³/mol. The van der Waals surface area contributed by atoms with Crippen molar-refractivity contribution in [3.63, 3.8) is 0 Å². The number of hydrogen-bond donors (Lipinski definition) is 2. The zero-order chi connectivity index (χ0) is 14.3. The lowest BCUT2D eigenvalue weighted by atomic mass is 10.1. The number of rotatable bonds is 7. The molecule has 0 aliphatic carbocycles. The fraction of sp³-hybridized carbons (Fsp3) is 0.833. The first-order chi connectivity index (χ1) is 9.02. The van der Waals surface area contributed by atoms with Gasteiger partial charge < -0.3 is 19.8 Å². The summed E-state index contributed by atoms with van der Waals surface area (Å²) in [5, 5.41) is 18.3. The summed E-state index contributed by atoms with van der Waals surface area (Å²) in [6.45, 7) is 1.62. The van der Waals surface area contributed by atoms with Crippen LogP contribution in [0.4, 0.5) is 0 Å². The zero-order valence-corrected chi connectivity index (χ0v) is 11.2. The van der Waals surface area contributed by atoms with Crippen molar-refractivity contribution in [2.75, 3.05) is 46.4 Å². The number of β-amino-alcohol motifs (C(OH)–C–C–N with tert-alkyl or cyclic N) is 1. The molecular formula is C12H22N2O5. The second-order valence-corrected chi connectivity index (χ2v) is 4.73. The fourth-order valence-corrected chi connectivity index (χ4v) is 2.12. The lowest BCUT2D eigenvalue weighted by Gasteiger charge is -2.31. The van der Waals surface area contributed by atoms with Crippen molar-refractivity contribution in [1.82, 2.24) is 9.80 Å². The van der Waals surface area contributed by atoms with Crippen molar-refractivity contribution in [3.05, 3.63) is 0 Å². The molecule has 0 aromatic rings. The number of carboxylic acid groups (broad SMARTS) is 1. The highest BCUT2D eigenvalue weighted by Gasteiger charge is 2.23. The number of piperidine rings is 1. The van der Waals surface area contributed by atoms with Gasteiger partial charge in [-0.15, -0.1) is 0 Å². The summed E-state index contributed by atoms with van der Waals surface area (Å²) < 4.78 is 4.87. The number of methoxy groups -OCH3 is 1. The van der Waals surface area contributed by atoms with Crippen LogP contribution in [0.5, 0.6) is 0 Å². The molecule has 0 radical (unpaired) electrons. The van der Waals surface area contributed by atoms with E-state index in [1.54, 1.807) is 0 Å². The standard InChI is InChI=1S/C12H22N2O5/c1-19-6-5-14(9-12(17)18)11(16)8-13-4-2-3-10(15)7-13/h10,15H,2-9H2,1H3,(H,17,18). The first-order valence-corrected chi connectivity index (χ1v) is 6.42. The summed E-state index contributed by atoms with van der Waals surface area (Å²) in [6.07, 6.45) is 1.21. The van der Waals surface area contributed by atoms with Crippen LogP contribution in [0.1, 0.15) is 12.8 Å². The molecule has 0 spiro atoms. The van der Waals surface area contributed by atoms with Crippen molar-refractivity contribution in [2.24, 2.45) is 0 Å². The fourth-order valence-electron chi connectivity index (χ4n) is 2.12. The first-order valence-electron chi connectivity index (χ1n) is 6.42. The number of aliphatic carboxylic acids is 1. The molecule has 2 N–H and O–H groups in total. The van der Waals surface area contributed by atoms with Gasteiger partial charge in [0.25, 0.3) is 0 Å². The molecule has 1 heterocycles. The lowest BCUT2D eigenvalue weighted by molar-refractivity contribution is -0.145. The highest BCUT2D eigenvalue weighted by molar-refractivity contribution is 5.82. The van der Waals surface area contributed by atoms with Crippen molar-refractivity contribution in [1.29, 1.82) is 0 Å². The molecule has 7 nitrogen and oxygen atoms in total. The van der Waals surface area contributed by atoms with E-state index in [-0.39, 0.29) is 25.5 Å². The molecule has 1 fully saturated rings. The maximum absolute atomic E-state index is 12.0. The molecule has 1 rings (SSSR count). The van der Waals surface area contributed by atoms with Crippen LogP contribution in [-0.4, -0.2) is 84.4 Å². The van der Waals surface area contributed by atoms with Gasteiger partial charge in [0.1, 0.15) is 6.54 Å². The molecule has 0 aromatic carbocycles. The number of carbonyl (C=O) groups is 2. The Bertz CT molecular complexity index is 310. The molecule has 1 atom stereocenters. The van der Waals surface area contributed by atoms with E-state index in [0.29, 0.717) is 13.2 Å². The van der Waals surface area contributed by atoms with Crippen LogP contribution in [0.15, 0.2) is 0 Å². The van der Waals surface area contributed by atoms with E-state index in [1.807, 2.05) is 4.90 Å². The van der Waals surface area contributed by atoms with Gasteiger partial charge in [-0.1, -0.05) is 0 Å². The van der Waals surface area contributed by atoms with E-state index in [9.17, 15) is 14.7 Å². The van der Waals surface area contributed by atoms with E-state index < -0.39 is 12.1 Å². The number of nitrogens with zero attached hydrogens (tertiary/aromatic N) is 2. The topological polar surface area (TPSA) is 90.3 Å². The molecule has 0 saturated carbocycles. The van der Waals surface area contributed by atoms with Crippen LogP contribution in [0.3, 0.4) is 0 Å². The molecule has 0 aromatic heterocycles. The number of aliphatic hydroxyl groups excluding tert-OH is 1. The van der Waals surface area contributed by atoms with Gasteiger partial charge in [-0.05, 0) is 19.4 Å². The van der Waals surface area contributed by atoms with Crippen LogP contribution >= 0.6 is 0 Å². The number of aliphatic hydroxyl groups is 1. The van der Waals surface area contributed by atoms with Crippen LogP contribution < -0.4 is 0 Å². The van der Waals surface area contributed by atoms with E-state index in [4.69, 9.17) is 9.84 Å². The van der Waals surface area contributed by atoms with Crippen LogP contribution in [-0.2, 0) is 14.3 Å². The third kappa shape index (κ3) is 6.00. The average molecular weight is 274 g/mol. The summed E-state index contributed by atoms with van der Waals surface area (Å²) >= 11 is 0. The SMILES string of the molecule is COCCN(CC(=O)O)C(=O)CN1CCCC(O)C1. The van der Waals surface area contributed by atoms with E-state index in [0.717, 1.165) is 19.4 Å². The quantitative estimate of drug-likeness (QED) is 0.619. The number of hydrogen-bond acceptors (Lipinski definition) is 5. The van der Waals surface area contributed by atoms with Crippen molar-refractivity contribution < 1.29 is 24.5 Å². The molecule has 110 valence electrons. The summed E-state index contributed by atoms with van der Waals surface area (Å²) in [4.78, 5) is 25.9. The summed E-state index contributed by atoms with van der Waals surface area (Å²) in [5.74, 6) is -1.28. The third-order valence-corrected chi connectivity index (χ3v) is 3.08. The van der Waals surface area contributed by atoms with Crippen LogP contribution in [0.2, 0.25) is 0 Å². The number of carbonyl (C=O) groups excluding carboxylic acids is 1. The maximum Gasteiger partial charge on any atom is 0.323 e. The van der Waals surface area contributed by atoms with E-state index in [2.05, 4.69) is 0 Å². The van der Waals surface area contributed by atoms with Crippen LogP contribution in [0, 0.1) is 0 Å². The maximum atomic E-state index is 12.0. The number of carboxylic acids is 1. The monoisotopic (exact) mass is 274 g/mol. The zero-order valence-electron chi connectivity index (χ0n) is 11.2. The number of amides is 1. The summed E-state index contributed by atoms with van der Waals surface area (Å²) in [7, 11) is 1.50. The highest BCUT2D eigenvalue weighted by atomic mass is 16.5. The molecule has 1 amide bonds. The second-order valence-electron chi connectivity index (χ2n) is 4.73. The Hall–Kier alpha value is -1.18. The second kappa shape index (κ2) is 8.08. The number of likely N-dealkylation sites (tertiary alicyclic amines) is 1. The first kappa shape index (κ1) is 15.9. The van der Waals surface area contributed by atoms with Gasteiger partial charge in [0.05, 0.1) is 19.3 Å². The molecule has 1 aliphatic rings. The van der Waals surface area contributed by atoms with Gasteiger partial charge in [-0.3, -0.25) is 14.5 Å². The molecular weight excluding hydrogens is 252 g/mol. The number of ether oxygens (including phenoxy) is 1. The van der Waals surface area contributed by atoms with Crippen molar-refractivity contribution >= 4 is 11.9 Å². The Kier molecular flexibility index (Phi) is 6.75. The Morgan fingerprint density at radius 2 is 2.21 bits per heavy atom. The highest BCUT2D eigenvalue weighted by Crippen LogP contribution is 2.09. The van der Waals surface area contributed by atoms with Gasteiger partial charge in [-0.2, -0.15) is 0 Å². The minimum Gasteiger partial charge on any atom is -0.480 e. The van der Waals surface area contributed by atoms with Crippen LogP contribution in [0.25, 0.3) is 0 Å². The largest absolute Gasteiger partial charge is 0.480 e. The molecule has 1 aliphatic heterocycles. The normalized spacial score (nSPS) is 20.2. The predicted octanol–water partition coefficient (Wildman–Crippen LogP) is -0.997. The summed E-state index contributed by atoms with van der Waals surface area (Å²) in [5.41, 5.74) is 0. The molecule has 1 saturated heterocycles. The van der Waals surface area contributed by atoms with E-state index in [1.165, 1.54) is 12.0 Å². The van der Waals surface area contributed by atoms with Gasteiger partial charge in [0.2, 0.25) is 5.91 Å². The van der Waals surface area contributed by atoms with Crippen molar-refractivity contribution in [3.8, 4) is 0 Å². The Morgan fingerprint density at radius 3 is 2.79 bits per heavy atom. The Morgan fingerprint density at radius 1 is 1.47 bits per heavy atom.